The molecule has 2 heterocycles. The summed E-state index contributed by atoms with van der Waals surface area (Å²) in [5.74, 6) is 0.929. The molecule has 2 saturated heterocycles. The lowest BCUT2D eigenvalue weighted by atomic mass is 9.81. The molecule has 0 aromatic heterocycles. The summed E-state index contributed by atoms with van der Waals surface area (Å²) in [5.41, 5.74) is 0.0667. The number of nitrogens with zero attached hydrogens (tertiary/aromatic N) is 1. The quantitative estimate of drug-likeness (QED) is 0.832. The lowest BCUT2D eigenvalue weighted by Gasteiger charge is -2.45. The van der Waals surface area contributed by atoms with E-state index in [9.17, 15) is 5.11 Å². The Labute approximate surface area is 110 Å². The van der Waals surface area contributed by atoms with E-state index in [-0.39, 0.29) is 5.41 Å². The van der Waals surface area contributed by atoms with Crippen molar-refractivity contribution in [3.8, 4) is 0 Å². The van der Waals surface area contributed by atoms with Gasteiger partial charge in [-0.05, 0) is 38.1 Å². The largest absolute Gasteiger partial charge is 0.396 e. The summed E-state index contributed by atoms with van der Waals surface area (Å²) >= 11 is 0. The zero-order valence-electron chi connectivity index (χ0n) is 11.4. The molecule has 0 spiro atoms. The molecular weight excluding hydrogens is 226 g/mol. The van der Waals surface area contributed by atoms with E-state index in [1.807, 2.05) is 0 Å². The number of aliphatic hydroxyl groups excluding tert-OH is 1. The Hall–Kier alpha value is -0.120. The standard InChI is InChI=1S/C15H27NO2/c17-10-15(11-18-12-15)9-16-8-4-7-14(16)13-5-2-1-3-6-13/h13-14,17H,1-12H2. The summed E-state index contributed by atoms with van der Waals surface area (Å²) in [5, 5.41) is 9.59. The number of hydrogen-bond acceptors (Lipinski definition) is 3. The highest BCUT2D eigenvalue weighted by molar-refractivity contribution is 4.94. The van der Waals surface area contributed by atoms with Crippen LogP contribution in [0, 0.1) is 11.3 Å². The van der Waals surface area contributed by atoms with E-state index in [1.165, 1.54) is 51.5 Å². The minimum atomic E-state index is 0.0667. The molecule has 0 amide bonds. The molecule has 1 unspecified atom stereocenters. The van der Waals surface area contributed by atoms with Crippen molar-refractivity contribution in [1.82, 2.24) is 4.90 Å². The molecule has 0 radical (unpaired) electrons. The highest BCUT2D eigenvalue weighted by atomic mass is 16.5. The third-order valence-electron chi connectivity index (χ3n) is 5.30. The Bertz CT molecular complexity index is 266. The van der Waals surface area contributed by atoms with Crippen molar-refractivity contribution in [1.29, 1.82) is 0 Å². The summed E-state index contributed by atoms with van der Waals surface area (Å²) in [4.78, 5) is 2.68. The summed E-state index contributed by atoms with van der Waals surface area (Å²) < 4.78 is 5.33. The number of aliphatic hydroxyl groups is 1. The third-order valence-corrected chi connectivity index (χ3v) is 5.30. The van der Waals surface area contributed by atoms with E-state index in [0.29, 0.717) is 6.61 Å². The second-order valence-corrected chi connectivity index (χ2v) is 6.73. The fourth-order valence-corrected chi connectivity index (χ4v) is 4.16. The number of hydrogen-bond donors (Lipinski definition) is 1. The van der Waals surface area contributed by atoms with Crippen LogP contribution in [0.4, 0.5) is 0 Å². The SMILES string of the molecule is OCC1(CN2CCCC2C2CCCCC2)COC1. The topological polar surface area (TPSA) is 32.7 Å². The maximum Gasteiger partial charge on any atom is 0.0579 e. The summed E-state index contributed by atoms with van der Waals surface area (Å²) in [6.45, 7) is 4.11. The Kier molecular flexibility index (Phi) is 3.92. The van der Waals surface area contributed by atoms with Crippen molar-refractivity contribution in [3.05, 3.63) is 0 Å². The Morgan fingerprint density at radius 1 is 1.06 bits per heavy atom. The fraction of sp³-hybridized carbons (Fsp3) is 1.00. The van der Waals surface area contributed by atoms with Crippen LogP contribution in [0.5, 0.6) is 0 Å². The van der Waals surface area contributed by atoms with Gasteiger partial charge in [-0.2, -0.15) is 0 Å². The van der Waals surface area contributed by atoms with Crippen LogP contribution in [-0.4, -0.2) is 49.0 Å². The Morgan fingerprint density at radius 3 is 2.44 bits per heavy atom. The first-order chi connectivity index (χ1) is 8.83. The smallest absolute Gasteiger partial charge is 0.0579 e. The van der Waals surface area contributed by atoms with Crippen molar-refractivity contribution in [2.24, 2.45) is 11.3 Å². The first-order valence-electron chi connectivity index (χ1n) is 7.76. The molecule has 2 aliphatic heterocycles. The molecule has 3 aliphatic rings. The van der Waals surface area contributed by atoms with Gasteiger partial charge in [0, 0.05) is 12.6 Å². The average Bonchev–Trinajstić information content (AvgIpc) is 2.83. The molecule has 0 aromatic carbocycles. The molecule has 1 saturated carbocycles. The van der Waals surface area contributed by atoms with E-state index in [1.54, 1.807) is 0 Å². The van der Waals surface area contributed by atoms with Crippen LogP contribution in [0.1, 0.15) is 44.9 Å². The van der Waals surface area contributed by atoms with Crippen LogP contribution in [0.2, 0.25) is 0 Å². The molecule has 1 atom stereocenters. The molecule has 3 heteroatoms. The van der Waals surface area contributed by atoms with Crippen molar-refractivity contribution in [2.75, 3.05) is 32.9 Å². The van der Waals surface area contributed by atoms with Crippen molar-refractivity contribution in [3.63, 3.8) is 0 Å². The van der Waals surface area contributed by atoms with Gasteiger partial charge in [-0.3, -0.25) is 4.90 Å². The predicted octanol–water partition coefficient (Wildman–Crippen LogP) is 2.04. The lowest BCUT2D eigenvalue weighted by Crippen LogP contribution is -2.55. The van der Waals surface area contributed by atoms with E-state index in [2.05, 4.69) is 4.90 Å². The zero-order chi connectivity index (χ0) is 12.4. The highest BCUT2D eigenvalue weighted by Crippen LogP contribution is 2.37. The van der Waals surface area contributed by atoms with E-state index >= 15 is 0 Å². The average molecular weight is 253 g/mol. The Morgan fingerprint density at radius 2 is 1.83 bits per heavy atom. The molecule has 3 nitrogen and oxygen atoms in total. The first-order valence-corrected chi connectivity index (χ1v) is 7.76. The van der Waals surface area contributed by atoms with Gasteiger partial charge < -0.3 is 9.84 Å². The minimum Gasteiger partial charge on any atom is -0.396 e. The van der Waals surface area contributed by atoms with Crippen LogP contribution in [0.15, 0.2) is 0 Å². The van der Waals surface area contributed by atoms with Gasteiger partial charge in [0.05, 0.1) is 25.2 Å². The van der Waals surface area contributed by atoms with Gasteiger partial charge in [-0.15, -0.1) is 0 Å². The van der Waals surface area contributed by atoms with Gasteiger partial charge in [0.2, 0.25) is 0 Å². The van der Waals surface area contributed by atoms with Crippen LogP contribution in [-0.2, 0) is 4.74 Å². The summed E-state index contributed by atoms with van der Waals surface area (Å²) in [6, 6.07) is 0.800. The van der Waals surface area contributed by atoms with Crippen molar-refractivity contribution >= 4 is 0 Å². The summed E-state index contributed by atoms with van der Waals surface area (Å²) in [7, 11) is 0. The van der Waals surface area contributed by atoms with Crippen LogP contribution in [0.3, 0.4) is 0 Å². The lowest BCUT2D eigenvalue weighted by molar-refractivity contribution is -0.151. The zero-order valence-corrected chi connectivity index (χ0v) is 11.4. The van der Waals surface area contributed by atoms with Gasteiger partial charge >= 0.3 is 0 Å². The molecule has 3 rings (SSSR count). The van der Waals surface area contributed by atoms with Crippen molar-refractivity contribution < 1.29 is 9.84 Å². The van der Waals surface area contributed by atoms with E-state index in [0.717, 1.165) is 31.7 Å². The van der Waals surface area contributed by atoms with Crippen molar-refractivity contribution in [2.45, 2.75) is 51.0 Å². The molecule has 1 aliphatic carbocycles. The molecule has 18 heavy (non-hydrogen) atoms. The molecular formula is C15H27NO2. The normalized spacial score (nSPS) is 33.5. The minimum absolute atomic E-state index is 0.0667. The molecule has 1 N–H and O–H groups in total. The van der Waals surface area contributed by atoms with Crippen LogP contribution >= 0.6 is 0 Å². The maximum absolute atomic E-state index is 9.59. The monoisotopic (exact) mass is 253 g/mol. The predicted molar refractivity (Wildman–Crippen MR) is 71.5 cm³/mol. The second kappa shape index (κ2) is 5.48. The van der Waals surface area contributed by atoms with E-state index in [4.69, 9.17) is 4.74 Å². The Balaban J connectivity index is 1.60. The van der Waals surface area contributed by atoms with E-state index < -0.39 is 0 Å². The van der Waals surface area contributed by atoms with Gasteiger partial charge in [0.15, 0.2) is 0 Å². The molecule has 0 aromatic rings. The van der Waals surface area contributed by atoms with Crippen LogP contribution in [0.25, 0.3) is 0 Å². The number of likely N-dealkylation sites (tertiary alicyclic amines) is 1. The molecule has 104 valence electrons. The van der Waals surface area contributed by atoms with Gasteiger partial charge in [-0.25, -0.2) is 0 Å². The molecule has 3 fully saturated rings. The maximum atomic E-state index is 9.59. The number of ether oxygens (including phenoxy) is 1. The highest BCUT2D eigenvalue weighted by Gasteiger charge is 2.43. The van der Waals surface area contributed by atoms with Gasteiger partial charge in [0.25, 0.3) is 0 Å². The van der Waals surface area contributed by atoms with Crippen LogP contribution < -0.4 is 0 Å². The summed E-state index contributed by atoms with van der Waals surface area (Å²) in [6.07, 6.45) is 9.91. The molecule has 0 bridgehead atoms. The number of rotatable bonds is 4. The second-order valence-electron chi connectivity index (χ2n) is 6.73. The van der Waals surface area contributed by atoms with Gasteiger partial charge in [-0.1, -0.05) is 19.3 Å². The first kappa shape index (κ1) is 12.9. The van der Waals surface area contributed by atoms with Gasteiger partial charge in [0.1, 0.15) is 0 Å². The fourth-order valence-electron chi connectivity index (χ4n) is 4.16. The third kappa shape index (κ3) is 2.45.